The van der Waals surface area contributed by atoms with E-state index in [1.54, 1.807) is 0 Å². The number of ether oxygens (including phenoxy) is 1. The van der Waals surface area contributed by atoms with Crippen molar-refractivity contribution in [3.8, 4) is 0 Å². The Bertz CT molecular complexity index is 1440. The summed E-state index contributed by atoms with van der Waals surface area (Å²) in [5.41, 5.74) is 3.38. The molecule has 2 aliphatic heterocycles. The first-order chi connectivity index (χ1) is 18.8. The highest BCUT2D eigenvalue weighted by Crippen LogP contribution is 2.43. The lowest BCUT2D eigenvalue weighted by atomic mass is 9.86. The zero-order valence-corrected chi connectivity index (χ0v) is 23.5. The largest absolute Gasteiger partial charge is 0.416 e. The fourth-order valence-electron chi connectivity index (χ4n) is 5.65. The molecule has 212 valence electrons. The second-order valence-corrected chi connectivity index (χ2v) is 11.3. The zero-order chi connectivity index (χ0) is 29.0. The van der Waals surface area contributed by atoms with Crippen LogP contribution in [0.5, 0.6) is 0 Å². The number of benzene rings is 2. The molecule has 10 heteroatoms. The predicted molar refractivity (Wildman–Crippen MR) is 148 cm³/mol. The Balaban J connectivity index is 1.36. The van der Waals surface area contributed by atoms with E-state index >= 15 is 0 Å². The second kappa shape index (κ2) is 10.1. The van der Waals surface area contributed by atoms with Gasteiger partial charge in [-0.25, -0.2) is 4.98 Å². The Labute approximate surface area is 232 Å². The molecule has 2 aliphatic rings. The molecule has 3 heterocycles. The van der Waals surface area contributed by atoms with Gasteiger partial charge in [-0.2, -0.15) is 18.2 Å². The predicted octanol–water partition coefficient (Wildman–Crippen LogP) is 6.40. The van der Waals surface area contributed by atoms with E-state index in [1.807, 2.05) is 59.7 Å². The van der Waals surface area contributed by atoms with Crippen LogP contribution in [-0.2, 0) is 34.5 Å². The number of carbonyl (C=O) groups excluding carboxylic acids is 1. The fourth-order valence-corrected chi connectivity index (χ4v) is 5.65. The van der Waals surface area contributed by atoms with Crippen LogP contribution < -0.4 is 15.5 Å². The molecule has 0 bridgehead atoms. The molecule has 0 unspecified atom stereocenters. The first-order valence-electron chi connectivity index (χ1n) is 13.4. The number of hydrogen-bond donors (Lipinski definition) is 2. The number of nitrogens with zero attached hydrogens (tertiary/aromatic N) is 3. The van der Waals surface area contributed by atoms with Gasteiger partial charge in [-0.1, -0.05) is 44.2 Å². The Kier molecular flexibility index (Phi) is 7.02. The van der Waals surface area contributed by atoms with Gasteiger partial charge in [0.1, 0.15) is 17.3 Å². The quantitative estimate of drug-likeness (QED) is 0.368. The normalized spacial score (nSPS) is 20.5. The van der Waals surface area contributed by atoms with Crippen molar-refractivity contribution in [2.75, 3.05) is 15.5 Å². The summed E-state index contributed by atoms with van der Waals surface area (Å²) in [4.78, 5) is 24.3. The molecular weight excluding hydrogens is 519 g/mol. The van der Waals surface area contributed by atoms with Gasteiger partial charge in [0.15, 0.2) is 5.82 Å². The molecule has 2 aromatic carbocycles. The van der Waals surface area contributed by atoms with Gasteiger partial charge < -0.3 is 20.3 Å². The minimum absolute atomic E-state index is 0.0488. The summed E-state index contributed by atoms with van der Waals surface area (Å²) in [7, 11) is 0. The summed E-state index contributed by atoms with van der Waals surface area (Å²) in [6.07, 6.45) is -4.38. The number of nitrogens with one attached hydrogen (secondary N) is 2. The highest BCUT2D eigenvalue weighted by molar-refractivity contribution is 6.03. The molecule has 0 saturated heterocycles. The smallest absolute Gasteiger partial charge is 0.361 e. The van der Waals surface area contributed by atoms with Crippen molar-refractivity contribution in [3.63, 3.8) is 0 Å². The van der Waals surface area contributed by atoms with Gasteiger partial charge in [-0.3, -0.25) is 4.79 Å². The van der Waals surface area contributed by atoms with Gasteiger partial charge in [-0.15, -0.1) is 0 Å². The van der Waals surface area contributed by atoms with Crippen LogP contribution in [0.25, 0.3) is 0 Å². The monoisotopic (exact) mass is 553 g/mol. The summed E-state index contributed by atoms with van der Waals surface area (Å²) in [5, 5.41) is 6.32. The van der Waals surface area contributed by atoms with Gasteiger partial charge in [0, 0.05) is 12.6 Å². The lowest BCUT2D eigenvalue weighted by molar-refractivity contribution is -0.137. The molecule has 3 aromatic rings. The number of amides is 1. The van der Waals surface area contributed by atoms with Crippen LogP contribution in [0.4, 0.5) is 30.6 Å². The van der Waals surface area contributed by atoms with Gasteiger partial charge in [0.25, 0.3) is 0 Å². The number of anilines is 3. The van der Waals surface area contributed by atoms with Crippen molar-refractivity contribution in [2.24, 2.45) is 5.92 Å². The fraction of sp³-hybridized carbons (Fsp3) is 0.433. The van der Waals surface area contributed by atoms with Crippen LogP contribution >= 0.6 is 0 Å². The molecular formula is C30H34F3N5O2. The summed E-state index contributed by atoms with van der Waals surface area (Å²) >= 11 is 0. The van der Waals surface area contributed by atoms with Gasteiger partial charge >= 0.3 is 6.18 Å². The number of alkyl halides is 3. The molecule has 0 saturated carbocycles. The first kappa shape index (κ1) is 27.9. The summed E-state index contributed by atoms with van der Waals surface area (Å²) in [6.45, 7) is 12.7. The third-order valence-corrected chi connectivity index (χ3v) is 7.73. The van der Waals surface area contributed by atoms with Gasteiger partial charge in [0.2, 0.25) is 11.9 Å². The molecule has 2 N–H and O–H groups in total. The molecule has 40 heavy (non-hydrogen) atoms. The standard InChI is InChI=1S/C30H34F3N5O2/c1-16(2)25-27(39)36-24-18(5)35-28(37-26(24)38(25)17(3)4)34-14-19-7-12-23-20(13-19)15-40-29(23,6)21-8-10-22(11-9-21)30(31,32)33/h7-13,16-17,25H,14-15H2,1-6H3,(H,36,39)(H,34,35,37)/t25-,29+/m0/s1. The lowest BCUT2D eigenvalue weighted by Gasteiger charge is -2.42. The van der Waals surface area contributed by atoms with Crippen molar-refractivity contribution in [2.45, 2.75) is 78.6 Å². The number of halogens is 3. The van der Waals surface area contributed by atoms with Crippen molar-refractivity contribution in [1.29, 1.82) is 0 Å². The second-order valence-electron chi connectivity index (χ2n) is 11.3. The maximum Gasteiger partial charge on any atom is 0.416 e. The van der Waals surface area contributed by atoms with E-state index in [2.05, 4.69) is 20.5 Å². The number of rotatable bonds is 6. The van der Waals surface area contributed by atoms with Crippen LogP contribution in [0, 0.1) is 12.8 Å². The average molecular weight is 554 g/mol. The van der Waals surface area contributed by atoms with Gasteiger partial charge in [-0.05, 0) is 68.0 Å². The van der Waals surface area contributed by atoms with Crippen molar-refractivity contribution in [1.82, 2.24) is 9.97 Å². The Hall–Kier alpha value is -3.66. The highest BCUT2D eigenvalue weighted by atomic mass is 19.4. The molecule has 2 atom stereocenters. The molecule has 0 fully saturated rings. The Morgan fingerprint density at radius 2 is 1.82 bits per heavy atom. The average Bonchev–Trinajstić information content (AvgIpc) is 3.23. The van der Waals surface area contributed by atoms with E-state index in [0.29, 0.717) is 41.9 Å². The van der Waals surface area contributed by atoms with Crippen LogP contribution in [0.2, 0.25) is 0 Å². The maximum absolute atomic E-state index is 13.0. The minimum atomic E-state index is -4.38. The molecule has 7 nitrogen and oxygen atoms in total. The molecule has 0 aliphatic carbocycles. The Morgan fingerprint density at radius 3 is 2.45 bits per heavy atom. The highest BCUT2D eigenvalue weighted by Gasteiger charge is 2.40. The van der Waals surface area contributed by atoms with Crippen molar-refractivity contribution >= 4 is 23.4 Å². The van der Waals surface area contributed by atoms with Crippen molar-refractivity contribution in [3.05, 3.63) is 76.0 Å². The topological polar surface area (TPSA) is 79.4 Å². The van der Waals surface area contributed by atoms with Crippen LogP contribution in [-0.4, -0.2) is 28.0 Å². The van der Waals surface area contributed by atoms with Gasteiger partial charge in [0.05, 0.1) is 17.9 Å². The summed E-state index contributed by atoms with van der Waals surface area (Å²) in [6, 6.07) is 10.9. The lowest BCUT2D eigenvalue weighted by Crippen LogP contribution is -2.54. The van der Waals surface area contributed by atoms with Crippen LogP contribution in [0.1, 0.15) is 68.1 Å². The van der Waals surface area contributed by atoms with E-state index < -0.39 is 17.3 Å². The molecule has 0 spiro atoms. The zero-order valence-electron chi connectivity index (χ0n) is 23.5. The van der Waals surface area contributed by atoms with Crippen molar-refractivity contribution < 1.29 is 22.7 Å². The third-order valence-electron chi connectivity index (χ3n) is 7.73. The van der Waals surface area contributed by atoms with E-state index in [-0.39, 0.29) is 23.9 Å². The van der Waals surface area contributed by atoms with E-state index in [4.69, 9.17) is 9.72 Å². The SMILES string of the molecule is Cc1nc(NCc2ccc3c(c2)CO[C@]3(C)c2ccc(C(F)(F)F)cc2)nc2c1NC(=O)[C@H](C(C)C)N2C(C)C. The first-order valence-corrected chi connectivity index (χ1v) is 13.4. The number of aryl methyl sites for hydroxylation is 1. The molecule has 0 radical (unpaired) electrons. The third kappa shape index (κ3) is 4.89. The molecule has 5 rings (SSSR count). The summed E-state index contributed by atoms with van der Waals surface area (Å²) in [5.74, 6) is 1.22. The number of fused-ring (bicyclic) bond motifs is 2. The van der Waals surface area contributed by atoms with E-state index in [9.17, 15) is 18.0 Å². The number of carbonyl (C=O) groups is 1. The Morgan fingerprint density at radius 1 is 1.12 bits per heavy atom. The number of hydrogen-bond acceptors (Lipinski definition) is 6. The maximum atomic E-state index is 13.0. The molecule has 1 aromatic heterocycles. The minimum Gasteiger partial charge on any atom is -0.361 e. The van der Waals surface area contributed by atoms with Crippen LogP contribution in [0.3, 0.4) is 0 Å². The summed E-state index contributed by atoms with van der Waals surface area (Å²) < 4.78 is 45.2. The van der Waals surface area contributed by atoms with Crippen LogP contribution in [0.15, 0.2) is 42.5 Å². The number of aromatic nitrogens is 2. The van der Waals surface area contributed by atoms with E-state index in [1.165, 1.54) is 12.1 Å². The van der Waals surface area contributed by atoms with E-state index in [0.717, 1.165) is 28.8 Å². The molecule has 1 amide bonds.